The molecule has 130 valence electrons. The van der Waals surface area contributed by atoms with Crippen LogP contribution < -0.4 is 16.2 Å². The van der Waals surface area contributed by atoms with E-state index >= 15 is 0 Å². The first-order valence-electron chi connectivity index (χ1n) is 7.71. The molecule has 6 heteroatoms. The summed E-state index contributed by atoms with van der Waals surface area (Å²) in [4.78, 5) is 19.6. The molecular formula is C17H28N2O4. The summed E-state index contributed by atoms with van der Waals surface area (Å²) in [5.41, 5.74) is 11.9. The third-order valence-electron chi connectivity index (χ3n) is 3.38. The lowest BCUT2D eigenvalue weighted by molar-refractivity contribution is -0.135. The number of ether oxygens (including phenoxy) is 1. The minimum atomic E-state index is -0.968. The van der Waals surface area contributed by atoms with Gasteiger partial charge in [0.15, 0.2) is 0 Å². The highest BCUT2D eigenvalue weighted by atomic mass is 16.5. The molecule has 5 N–H and O–H groups in total. The first-order chi connectivity index (χ1) is 10.9. The van der Waals surface area contributed by atoms with Crippen molar-refractivity contribution >= 4 is 12.3 Å². The molecule has 0 radical (unpaired) electrons. The molecule has 0 unspecified atom stereocenters. The fourth-order valence-corrected chi connectivity index (χ4v) is 2.11. The van der Waals surface area contributed by atoms with Crippen LogP contribution in [0.15, 0.2) is 18.2 Å². The highest BCUT2D eigenvalue weighted by molar-refractivity contribution is 5.75. The molecule has 0 atom stereocenters. The third-order valence-corrected chi connectivity index (χ3v) is 3.38. The van der Waals surface area contributed by atoms with Crippen molar-refractivity contribution in [3.05, 3.63) is 29.3 Å². The van der Waals surface area contributed by atoms with Gasteiger partial charge < -0.3 is 21.3 Å². The maximum atomic E-state index is 10.3. The SMILES string of the molecule is COc1ccc(C=O)cc1C.NC1CCCCC1.NCC(=O)O. The largest absolute Gasteiger partial charge is 0.496 e. The minimum absolute atomic E-state index is 0.278. The Labute approximate surface area is 137 Å². The molecule has 2 rings (SSSR count). The summed E-state index contributed by atoms with van der Waals surface area (Å²) in [6.07, 6.45) is 7.49. The number of carboxylic acid groups (broad SMARTS) is 1. The molecule has 0 aliphatic heterocycles. The molecule has 1 saturated carbocycles. The molecule has 0 amide bonds. The van der Waals surface area contributed by atoms with Gasteiger partial charge in [-0.25, -0.2) is 0 Å². The van der Waals surface area contributed by atoms with Gasteiger partial charge in [-0.15, -0.1) is 0 Å². The molecule has 0 aromatic heterocycles. The first kappa shape index (κ1) is 21.1. The zero-order chi connectivity index (χ0) is 17.7. The van der Waals surface area contributed by atoms with Crippen LogP contribution in [0.25, 0.3) is 0 Å². The Balaban J connectivity index is 0.000000347. The molecule has 1 aliphatic carbocycles. The van der Waals surface area contributed by atoms with Gasteiger partial charge in [0.1, 0.15) is 12.0 Å². The van der Waals surface area contributed by atoms with Crippen molar-refractivity contribution < 1.29 is 19.4 Å². The van der Waals surface area contributed by atoms with Crippen LogP contribution in [-0.4, -0.2) is 37.1 Å². The number of carboxylic acids is 1. The van der Waals surface area contributed by atoms with Crippen molar-refractivity contribution in [3.63, 3.8) is 0 Å². The predicted octanol–water partition coefficient (Wildman–Crippen LogP) is 2.12. The summed E-state index contributed by atoms with van der Waals surface area (Å²) in [7, 11) is 1.61. The number of aldehydes is 1. The van der Waals surface area contributed by atoms with Crippen LogP contribution in [0, 0.1) is 6.92 Å². The van der Waals surface area contributed by atoms with Crippen molar-refractivity contribution in [3.8, 4) is 5.75 Å². The van der Waals surface area contributed by atoms with Crippen molar-refractivity contribution in [2.75, 3.05) is 13.7 Å². The fraction of sp³-hybridized carbons (Fsp3) is 0.529. The third kappa shape index (κ3) is 10.4. The minimum Gasteiger partial charge on any atom is -0.496 e. The molecule has 1 fully saturated rings. The molecule has 0 spiro atoms. The second kappa shape index (κ2) is 12.6. The van der Waals surface area contributed by atoms with Crippen LogP contribution >= 0.6 is 0 Å². The Morgan fingerprint density at radius 1 is 1.35 bits per heavy atom. The quantitative estimate of drug-likeness (QED) is 0.733. The van der Waals surface area contributed by atoms with Crippen molar-refractivity contribution in [1.82, 2.24) is 0 Å². The second-order valence-electron chi connectivity index (χ2n) is 5.34. The Bertz CT molecular complexity index is 472. The summed E-state index contributed by atoms with van der Waals surface area (Å²) in [5.74, 6) is -0.152. The maximum Gasteiger partial charge on any atom is 0.317 e. The van der Waals surface area contributed by atoms with Crippen molar-refractivity contribution in [2.24, 2.45) is 11.5 Å². The molecular weight excluding hydrogens is 296 g/mol. The highest BCUT2D eigenvalue weighted by Crippen LogP contribution is 2.17. The number of benzene rings is 1. The van der Waals surface area contributed by atoms with Crippen LogP contribution in [0.2, 0.25) is 0 Å². The van der Waals surface area contributed by atoms with Gasteiger partial charge in [-0.2, -0.15) is 0 Å². The zero-order valence-corrected chi connectivity index (χ0v) is 14.0. The number of aliphatic carboxylic acids is 1. The Hall–Kier alpha value is -1.92. The van der Waals surface area contributed by atoms with Gasteiger partial charge in [-0.1, -0.05) is 19.3 Å². The van der Waals surface area contributed by atoms with E-state index in [9.17, 15) is 9.59 Å². The van der Waals surface area contributed by atoms with E-state index in [2.05, 4.69) is 5.73 Å². The summed E-state index contributed by atoms with van der Waals surface area (Å²) >= 11 is 0. The molecule has 0 saturated heterocycles. The van der Waals surface area contributed by atoms with Gasteiger partial charge in [0.25, 0.3) is 0 Å². The van der Waals surface area contributed by atoms with Crippen molar-refractivity contribution in [2.45, 2.75) is 45.1 Å². The Kier molecular flexibility index (Phi) is 11.6. The molecule has 0 heterocycles. The average Bonchev–Trinajstić information content (AvgIpc) is 2.56. The molecule has 1 aromatic rings. The number of aryl methyl sites for hydroxylation is 1. The summed E-state index contributed by atoms with van der Waals surface area (Å²) in [5, 5.41) is 7.60. The van der Waals surface area contributed by atoms with E-state index < -0.39 is 5.97 Å². The van der Waals surface area contributed by atoms with E-state index in [4.69, 9.17) is 15.6 Å². The lowest BCUT2D eigenvalue weighted by Gasteiger charge is -2.15. The van der Waals surface area contributed by atoms with E-state index in [0.717, 1.165) is 17.6 Å². The lowest BCUT2D eigenvalue weighted by atomic mass is 9.97. The molecule has 6 nitrogen and oxygen atoms in total. The van der Waals surface area contributed by atoms with Gasteiger partial charge in [-0.3, -0.25) is 9.59 Å². The van der Waals surface area contributed by atoms with E-state index in [1.54, 1.807) is 25.3 Å². The Morgan fingerprint density at radius 3 is 2.22 bits per heavy atom. The topological polar surface area (TPSA) is 116 Å². The highest BCUT2D eigenvalue weighted by Gasteiger charge is 2.06. The van der Waals surface area contributed by atoms with Gasteiger partial charge in [0, 0.05) is 11.6 Å². The van der Waals surface area contributed by atoms with Crippen LogP contribution in [0.1, 0.15) is 48.0 Å². The number of carbonyl (C=O) groups excluding carboxylic acids is 1. The number of carbonyl (C=O) groups is 2. The summed E-state index contributed by atoms with van der Waals surface area (Å²) in [6.45, 7) is 1.63. The number of rotatable bonds is 3. The number of methoxy groups -OCH3 is 1. The maximum absolute atomic E-state index is 10.3. The van der Waals surface area contributed by atoms with E-state index in [1.165, 1.54) is 32.1 Å². The van der Waals surface area contributed by atoms with Crippen LogP contribution in [0.4, 0.5) is 0 Å². The van der Waals surface area contributed by atoms with Gasteiger partial charge >= 0.3 is 5.97 Å². The first-order valence-corrected chi connectivity index (χ1v) is 7.71. The standard InChI is InChI=1S/C9H10O2.C6H13N.C2H5NO2/c1-7-5-8(6-10)3-4-9(7)11-2;7-6-4-2-1-3-5-6;3-1-2(4)5/h3-6H,1-2H3;6H,1-5,7H2;1,3H2,(H,4,5). The van der Waals surface area contributed by atoms with Crippen LogP contribution in [0.5, 0.6) is 5.75 Å². The fourth-order valence-electron chi connectivity index (χ4n) is 2.11. The molecule has 1 aliphatic rings. The smallest absolute Gasteiger partial charge is 0.317 e. The summed E-state index contributed by atoms with van der Waals surface area (Å²) < 4.78 is 5.03. The van der Waals surface area contributed by atoms with Crippen molar-refractivity contribution in [1.29, 1.82) is 0 Å². The van der Waals surface area contributed by atoms with E-state index in [1.807, 2.05) is 6.92 Å². The van der Waals surface area contributed by atoms with E-state index in [-0.39, 0.29) is 6.54 Å². The zero-order valence-electron chi connectivity index (χ0n) is 14.0. The number of nitrogens with two attached hydrogens (primary N) is 2. The summed E-state index contributed by atoms with van der Waals surface area (Å²) in [6, 6.07) is 5.86. The second-order valence-corrected chi connectivity index (χ2v) is 5.34. The lowest BCUT2D eigenvalue weighted by Crippen LogP contribution is -2.22. The van der Waals surface area contributed by atoms with Gasteiger partial charge in [0.2, 0.25) is 0 Å². The van der Waals surface area contributed by atoms with Gasteiger partial charge in [0.05, 0.1) is 13.7 Å². The molecule has 23 heavy (non-hydrogen) atoms. The molecule has 1 aromatic carbocycles. The normalized spacial score (nSPS) is 13.7. The average molecular weight is 324 g/mol. The molecule has 0 bridgehead atoms. The monoisotopic (exact) mass is 324 g/mol. The van der Waals surface area contributed by atoms with Gasteiger partial charge in [-0.05, 0) is 43.5 Å². The Morgan fingerprint density at radius 2 is 1.91 bits per heavy atom. The van der Waals surface area contributed by atoms with Crippen LogP contribution in [-0.2, 0) is 4.79 Å². The number of hydrogen-bond acceptors (Lipinski definition) is 5. The predicted molar refractivity (Wildman–Crippen MR) is 90.9 cm³/mol. The number of hydrogen-bond donors (Lipinski definition) is 3. The van der Waals surface area contributed by atoms with E-state index in [0.29, 0.717) is 11.6 Å². The van der Waals surface area contributed by atoms with Crippen LogP contribution in [0.3, 0.4) is 0 Å².